The van der Waals surface area contributed by atoms with Gasteiger partial charge in [0.15, 0.2) is 0 Å². The van der Waals surface area contributed by atoms with E-state index in [4.69, 9.17) is 9.47 Å². The highest BCUT2D eigenvalue weighted by molar-refractivity contribution is 5.05. The first-order chi connectivity index (χ1) is 6.62. The maximum atomic E-state index is 9.64. The van der Waals surface area contributed by atoms with E-state index < -0.39 is 23.9 Å². The summed E-state index contributed by atoms with van der Waals surface area (Å²) in [5, 5.41) is 28.2. The quantitative estimate of drug-likeness (QED) is 0.510. The number of ether oxygens (including phenoxy) is 2. The van der Waals surface area contributed by atoms with Crippen molar-refractivity contribution in [3.8, 4) is 0 Å². The van der Waals surface area contributed by atoms with Crippen LogP contribution in [0.2, 0.25) is 0 Å². The zero-order chi connectivity index (χ0) is 10.3. The van der Waals surface area contributed by atoms with Gasteiger partial charge in [-0.05, 0) is 0 Å². The fraction of sp³-hybridized carbons (Fsp3) is 1.00. The summed E-state index contributed by atoms with van der Waals surface area (Å²) in [6, 6.07) is 0. The van der Waals surface area contributed by atoms with Gasteiger partial charge in [0.25, 0.3) is 0 Å². The summed E-state index contributed by atoms with van der Waals surface area (Å²) in [5.41, 5.74) is -0.823. The lowest BCUT2D eigenvalue weighted by Gasteiger charge is -2.50. The molecule has 5 nitrogen and oxygen atoms in total. The van der Waals surface area contributed by atoms with Gasteiger partial charge in [0.05, 0.1) is 19.8 Å². The Hall–Kier alpha value is -0.200. The Labute approximate surface area is 82.3 Å². The van der Waals surface area contributed by atoms with Gasteiger partial charge in [0, 0.05) is 5.92 Å². The van der Waals surface area contributed by atoms with Gasteiger partial charge in [-0.25, -0.2) is 0 Å². The molecule has 0 spiro atoms. The molecular formula is C9H16O5. The molecule has 2 fully saturated rings. The number of aliphatic hydroxyl groups is 3. The van der Waals surface area contributed by atoms with Gasteiger partial charge in [-0.3, -0.25) is 0 Å². The fourth-order valence-electron chi connectivity index (χ4n) is 2.15. The average Bonchev–Trinajstić information content (AvgIpc) is 2.49. The summed E-state index contributed by atoms with van der Waals surface area (Å²) in [4.78, 5) is 0. The van der Waals surface area contributed by atoms with Crippen molar-refractivity contribution in [3.05, 3.63) is 0 Å². The van der Waals surface area contributed by atoms with Gasteiger partial charge in [0.1, 0.15) is 23.9 Å². The first kappa shape index (κ1) is 10.3. The number of rotatable bonds is 2. The van der Waals surface area contributed by atoms with E-state index >= 15 is 0 Å². The summed E-state index contributed by atoms with van der Waals surface area (Å²) < 4.78 is 10.6. The van der Waals surface area contributed by atoms with Gasteiger partial charge in [-0.1, -0.05) is 6.92 Å². The maximum Gasteiger partial charge on any atom is 0.124 e. The van der Waals surface area contributed by atoms with Gasteiger partial charge in [-0.2, -0.15) is 0 Å². The van der Waals surface area contributed by atoms with E-state index in [1.165, 1.54) is 0 Å². The molecule has 0 aliphatic carbocycles. The molecule has 14 heavy (non-hydrogen) atoms. The normalized spacial score (nSPS) is 53.1. The van der Waals surface area contributed by atoms with Crippen molar-refractivity contribution in [2.24, 2.45) is 5.92 Å². The van der Waals surface area contributed by atoms with E-state index in [1.54, 1.807) is 0 Å². The topological polar surface area (TPSA) is 79.2 Å². The molecule has 0 radical (unpaired) electrons. The monoisotopic (exact) mass is 204 g/mol. The molecule has 2 aliphatic rings. The lowest BCUT2D eigenvalue weighted by Crippen LogP contribution is -2.65. The van der Waals surface area contributed by atoms with Gasteiger partial charge in [0.2, 0.25) is 0 Å². The maximum absolute atomic E-state index is 9.64. The van der Waals surface area contributed by atoms with E-state index in [2.05, 4.69) is 0 Å². The Kier molecular flexibility index (Phi) is 2.53. The van der Waals surface area contributed by atoms with E-state index in [9.17, 15) is 15.3 Å². The van der Waals surface area contributed by atoms with Crippen molar-refractivity contribution in [2.75, 3.05) is 19.8 Å². The summed E-state index contributed by atoms with van der Waals surface area (Å²) in [6.07, 6.45) is -2.46. The van der Waals surface area contributed by atoms with Gasteiger partial charge in [-0.15, -0.1) is 0 Å². The largest absolute Gasteiger partial charge is 0.393 e. The predicted molar refractivity (Wildman–Crippen MR) is 46.7 cm³/mol. The third-order valence-electron chi connectivity index (χ3n) is 3.32. The lowest BCUT2D eigenvalue weighted by molar-refractivity contribution is -0.274. The molecule has 2 saturated heterocycles. The Morgan fingerprint density at radius 2 is 2.07 bits per heavy atom. The minimum Gasteiger partial charge on any atom is -0.393 e. The molecule has 2 heterocycles. The van der Waals surface area contributed by atoms with Crippen LogP contribution in [0.3, 0.4) is 0 Å². The number of hydrogen-bond donors (Lipinski definition) is 3. The minimum absolute atomic E-state index is 0.101. The average molecular weight is 204 g/mol. The summed E-state index contributed by atoms with van der Waals surface area (Å²) in [6.45, 7) is 2.40. The third kappa shape index (κ3) is 1.20. The van der Waals surface area contributed by atoms with E-state index in [0.29, 0.717) is 6.61 Å². The zero-order valence-electron chi connectivity index (χ0n) is 8.09. The van der Waals surface area contributed by atoms with Gasteiger partial charge >= 0.3 is 0 Å². The van der Waals surface area contributed by atoms with Crippen LogP contribution in [0.15, 0.2) is 0 Å². The second kappa shape index (κ2) is 3.43. The summed E-state index contributed by atoms with van der Waals surface area (Å²) in [5.74, 6) is 0.137. The second-order valence-electron chi connectivity index (χ2n) is 4.14. The highest BCUT2D eigenvalue weighted by Crippen LogP contribution is 2.40. The van der Waals surface area contributed by atoms with Crippen LogP contribution >= 0.6 is 0 Å². The highest BCUT2D eigenvalue weighted by Gasteiger charge is 2.57. The van der Waals surface area contributed by atoms with Crippen LogP contribution in [0.25, 0.3) is 0 Å². The molecule has 82 valence electrons. The molecule has 1 unspecified atom stereocenters. The van der Waals surface area contributed by atoms with Gasteiger partial charge < -0.3 is 24.8 Å². The molecule has 0 bridgehead atoms. The standard InChI is InChI=1S/C9H16O5/c1-5-2-14-9(5,4-10)8-7(12)6(11)3-13-8/h5-8,10-12H,2-4H2,1H3/t5?,6-,7+,8-,9-/m0/s1. The third-order valence-corrected chi connectivity index (χ3v) is 3.32. The van der Waals surface area contributed by atoms with Crippen molar-refractivity contribution >= 4 is 0 Å². The first-order valence-electron chi connectivity index (χ1n) is 4.84. The highest BCUT2D eigenvalue weighted by atomic mass is 16.6. The summed E-state index contributed by atoms with van der Waals surface area (Å²) >= 11 is 0. The van der Waals surface area contributed by atoms with Crippen LogP contribution in [0.5, 0.6) is 0 Å². The second-order valence-corrected chi connectivity index (χ2v) is 4.14. The van der Waals surface area contributed by atoms with E-state index in [-0.39, 0.29) is 19.1 Å². The van der Waals surface area contributed by atoms with Crippen LogP contribution in [-0.2, 0) is 9.47 Å². The van der Waals surface area contributed by atoms with Crippen molar-refractivity contribution in [1.29, 1.82) is 0 Å². The van der Waals surface area contributed by atoms with Crippen LogP contribution < -0.4 is 0 Å². The minimum atomic E-state index is -0.968. The SMILES string of the molecule is CC1CO[C@]1(CO)[C@H]1OC[C@H](O)[C@H]1O. The van der Waals surface area contributed by atoms with Crippen molar-refractivity contribution < 1.29 is 24.8 Å². The summed E-state index contributed by atoms with van der Waals surface area (Å²) in [7, 11) is 0. The molecule has 2 aliphatic heterocycles. The lowest BCUT2D eigenvalue weighted by atomic mass is 9.77. The number of hydrogen-bond acceptors (Lipinski definition) is 5. The zero-order valence-corrected chi connectivity index (χ0v) is 8.09. The van der Waals surface area contributed by atoms with E-state index in [0.717, 1.165) is 0 Å². The predicted octanol–water partition coefficient (Wildman–Crippen LogP) is -1.50. The molecule has 0 saturated carbocycles. The van der Waals surface area contributed by atoms with Crippen molar-refractivity contribution in [3.63, 3.8) is 0 Å². The Balaban J connectivity index is 2.13. The Morgan fingerprint density at radius 1 is 1.36 bits per heavy atom. The van der Waals surface area contributed by atoms with Crippen molar-refractivity contribution in [1.82, 2.24) is 0 Å². The Morgan fingerprint density at radius 3 is 2.36 bits per heavy atom. The first-order valence-corrected chi connectivity index (χ1v) is 4.84. The molecule has 2 rings (SSSR count). The van der Waals surface area contributed by atoms with Crippen LogP contribution in [0.1, 0.15) is 6.92 Å². The fourth-order valence-corrected chi connectivity index (χ4v) is 2.15. The molecular weight excluding hydrogens is 188 g/mol. The van der Waals surface area contributed by atoms with Crippen LogP contribution in [-0.4, -0.2) is 59.1 Å². The van der Waals surface area contributed by atoms with E-state index in [1.807, 2.05) is 6.92 Å². The molecule has 0 aromatic carbocycles. The van der Waals surface area contributed by atoms with Crippen LogP contribution in [0, 0.1) is 5.92 Å². The molecule has 0 aromatic rings. The van der Waals surface area contributed by atoms with Crippen LogP contribution in [0.4, 0.5) is 0 Å². The van der Waals surface area contributed by atoms with Crippen molar-refractivity contribution in [2.45, 2.75) is 30.8 Å². The molecule has 0 aromatic heterocycles. The number of aliphatic hydroxyl groups excluding tert-OH is 3. The molecule has 5 heteroatoms. The Bertz CT molecular complexity index is 217. The molecule has 0 amide bonds. The molecule has 5 atom stereocenters. The smallest absolute Gasteiger partial charge is 0.124 e. The molecule has 3 N–H and O–H groups in total.